The lowest BCUT2D eigenvalue weighted by Gasteiger charge is -2.05. The summed E-state index contributed by atoms with van der Waals surface area (Å²) in [7, 11) is 0. The SMILES string of the molecule is O=C(OCCC(=O)c1cccnc1Cl)c1cccc(F)c1. The second-order valence-corrected chi connectivity index (χ2v) is 4.52. The van der Waals surface area contributed by atoms with E-state index in [1.165, 1.54) is 24.4 Å². The average molecular weight is 308 g/mol. The number of rotatable bonds is 5. The second-order valence-electron chi connectivity index (χ2n) is 4.16. The summed E-state index contributed by atoms with van der Waals surface area (Å²) < 4.78 is 17.9. The normalized spacial score (nSPS) is 10.2. The Hall–Kier alpha value is -2.27. The van der Waals surface area contributed by atoms with Crippen LogP contribution in [0, 0.1) is 5.82 Å². The Morgan fingerprint density at radius 2 is 2.05 bits per heavy atom. The molecular formula is C15H11ClFNO3. The molecule has 6 heteroatoms. The smallest absolute Gasteiger partial charge is 0.338 e. The summed E-state index contributed by atoms with van der Waals surface area (Å²) in [5, 5.41) is 0.110. The van der Waals surface area contributed by atoms with Gasteiger partial charge in [-0.2, -0.15) is 0 Å². The molecule has 0 atom stereocenters. The van der Waals surface area contributed by atoms with Gasteiger partial charge in [-0.05, 0) is 30.3 Å². The molecule has 2 aromatic rings. The molecule has 4 nitrogen and oxygen atoms in total. The highest BCUT2D eigenvalue weighted by Crippen LogP contribution is 2.14. The fourth-order valence-electron chi connectivity index (χ4n) is 1.66. The second kappa shape index (κ2) is 6.95. The summed E-state index contributed by atoms with van der Waals surface area (Å²) in [4.78, 5) is 27.3. The standard InChI is InChI=1S/C15H11ClFNO3/c16-14-12(5-2-7-18-14)13(19)6-8-21-15(20)10-3-1-4-11(17)9-10/h1-5,7,9H,6,8H2. The molecule has 1 aromatic heterocycles. The maximum Gasteiger partial charge on any atom is 0.338 e. The van der Waals surface area contributed by atoms with Gasteiger partial charge in [0.25, 0.3) is 0 Å². The molecule has 0 amide bonds. The third kappa shape index (κ3) is 4.10. The number of halogens is 2. The van der Waals surface area contributed by atoms with E-state index in [0.717, 1.165) is 6.07 Å². The first-order chi connectivity index (χ1) is 10.1. The Morgan fingerprint density at radius 3 is 2.76 bits per heavy atom. The summed E-state index contributed by atoms with van der Waals surface area (Å²) in [5.41, 5.74) is 0.378. The molecule has 2 rings (SSSR count). The third-order valence-corrected chi connectivity index (χ3v) is 2.98. The van der Waals surface area contributed by atoms with Gasteiger partial charge in [-0.25, -0.2) is 14.2 Å². The van der Waals surface area contributed by atoms with E-state index in [-0.39, 0.29) is 35.1 Å². The van der Waals surface area contributed by atoms with E-state index in [1.54, 1.807) is 12.1 Å². The van der Waals surface area contributed by atoms with Crippen LogP contribution < -0.4 is 0 Å². The van der Waals surface area contributed by atoms with Crippen LogP contribution in [0.4, 0.5) is 4.39 Å². The van der Waals surface area contributed by atoms with Crippen LogP contribution in [0.25, 0.3) is 0 Å². The van der Waals surface area contributed by atoms with Gasteiger partial charge in [-0.3, -0.25) is 4.79 Å². The van der Waals surface area contributed by atoms with Crippen molar-refractivity contribution in [1.82, 2.24) is 4.98 Å². The van der Waals surface area contributed by atoms with Crippen molar-refractivity contribution in [2.45, 2.75) is 6.42 Å². The van der Waals surface area contributed by atoms with Crippen LogP contribution in [0.5, 0.6) is 0 Å². The summed E-state index contributed by atoms with van der Waals surface area (Å²) in [6.45, 7) is -0.112. The van der Waals surface area contributed by atoms with E-state index in [0.29, 0.717) is 0 Å². The Balaban J connectivity index is 1.88. The van der Waals surface area contributed by atoms with Crippen molar-refractivity contribution in [3.8, 4) is 0 Å². The Morgan fingerprint density at radius 1 is 1.24 bits per heavy atom. The largest absolute Gasteiger partial charge is 0.462 e. The van der Waals surface area contributed by atoms with E-state index in [4.69, 9.17) is 16.3 Å². The van der Waals surface area contributed by atoms with Crippen LogP contribution in [0.2, 0.25) is 5.15 Å². The zero-order chi connectivity index (χ0) is 15.2. The lowest BCUT2D eigenvalue weighted by Crippen LogP contribution is -2.11. The molecule has 0 bridgehead atoms. The maximum atomic E-state index is 13.0. The number of benzene rings is 1. The minimum Gasteiger partial charge on any atom is -0.462 e. The molecule has 0 saturated heterocycles. The van der Waals surface area contributed by atoms with Gasteiger partial charge in [0.15, 0.2) is 5.78 Å². The first-order valence-electron chi connectivity index (χ1n) is 6.14. The molecule has 0 aliphatic rings. The van der Waals surface area contributed by atoms with Crippen LogP contribution in [0.15, 0.2) is 42.6 Å². The maximum absolute atomic E-state index is 13.0. The van der Waals surface area contributed by atoms with E-state index < -0.39 is 11.8 Å². The van der Waals surface area contributed by atoms with Gasteiger partial charge in [0, 0.05) is 12.6 Å². The van der Waals surface area contributed by atoms with Gasteiger partial charge in [0.1, 0.15) is 11.0 Å². The number of aromatic nitrogens is 1. The fraction of sp³-hybridized carbons (Fsp3) is 0.133. The molecule has 0 aliphatic carbocycles. The van der Waals surface area contributed by atoms with Crippen molar-refractivity contribution >= 4 is 23.4 Å². The molecule has 0 N–H and O–H groups in total. The van der Waals surface area contributed by atoms with Gasteiger partial charge in [-0.15, -0.1) is 0 Å². The predicted octanol–water partition coefficient (Wildman–Crippen LogP) is 3.30. The number of hydrogen-bond donors (Lipinski definition) is 0. The molecule has 108 valence electrons. The third-order valence-electron chi connectivity index (χ3n) is 2.68. The van der Waals surface area contributed by atoms with Crippen LogP contribution >= 0.6 is 11.6 Å². The monoisotopic (exact) mass is 307 g/mol. The number of Topliss-reactive ketones (excluding diaryl/α,β-unsaturated/α-hetero) is 1. The van der Waals surface area contributed by atoms with Crippen molar-refractivity contribution < 1.29 is 18.7 Å². The summed E-state index contributed by atoms with van der Waals surface area (Å²) >= 11 is 5.79. The van der Waals surface area contributed by atoms with E-state index >= 15 is 0 Å². The number of carbonyl (C=O) groups excluding carboxylic acids is 2. The van der Waals surface area contributed by atoms with E-state index in [2.05, 4.69) is 4.98 Å². The number of nitrogens with zero attached hydrogens (tertiary/aromatic N) is 1. The van der Waals surface area contributed by atoms with E-state index in [9.17, 15) is 14.0 Å². The van der Waals surface area contributed by atoms with Gasteiger partial charge in [0.05, 0.1) is 17.7 Å². The van der Waals surface area contributed by atoms with Crippen molar-refractivity contribution in [3.63, 3.8) is 0 Å². The molecule has 0 saturated carbocycles. The quantitative estimate of drug-likeness (QED) is 0.483. The molecule has 0 aliphatic heterocycles. The predicted molar refractivity (Wildman–Crippen MR) is 74.9 cm³/mol. The first kappa shape index (κ1) is 15.1. The highest BCUT2D eigenvalue weighted by Gasteiger charge is 2.13. The van der Waals surface area contributed by atoms with Crippen molar-refractivity contribution in [2.75, 3.05) is 6.61 Å². The average Bonchev–Trinajstić information content (AvgIpc) is 2.47. The van der Waals surface area contributed by atoms with Crippen LogP contribution in [-0.2, 0) is 4.74 Å². The van der Waals surface area contributed by atoms with E-state index in [1.807, 2.05) is 0 Å². The molecule has 0 radical (unpaired) electrons. The molecule has 21 heavy (non-hydrogen) atoms. The number of esters is 1. The lowest BCUT2D eigenvalue weighted by atomic mass is 10.1. The molecular weight excluding hydrogens is 297 g/mol. The zero-order valence-electron chi connectivity index (χ0n) is 10.9. The topological polar surface area (TPSA) is 56.3 Å². The van der Waals surface area contributed by atoms with Crippen LogP contribution in [-0.4, -0.2) is 23.3 Å². The summed E-state index contributed by atoms with van der Waals surface area (Å²) in [6.07, 6.45) is 1.45. The summed E-state index contributed by atoms with van der Waals surface area (Å²) in [6, 6.07) is 8.29. The highest BCUT2D eigenvalue weighted by molar-refractivity contribution is 6.32. The summed E-state index contributed by atoms with van der Waals surface area (Å²) in [5.74, 6) is -1.48. The number of ether oxygens (including phenoxy) is 1. The minimum absolute atomic E-state index is 0.0214. The fourth-order valence-corrected chi connectivity index (χ4v) is 1.89. The van der Waals surface area contributed by atoms with Gasteiger partial charge < -0.3 is 4.74 Å². The lowest BCUT2D eigenvalue weighted by molar-refractivity contribution is 0.0496. The minimum atomic E-state index is -0.681. The van der Waals surface area contributed by atoms with Crippen LogP contribution in [0.1, 0.15) is 27.1 Å². The van der Waals surface area contributed by atoms with Crippen molar-refractivity contribution in [1.29, 1.82) is 0 Å². The Bertz CT molecular complexity index is 675. The van der Waals surface area contributed by atoms with Crippen molar-refractivity contribution in [2.24, 2.45) is 0 Å². The van der Waals surface area contributed by atoms with Gasteiger partial charge in [0.2, 0.25) is 0 Å². The number of pyridine rings is 1. The number of carbonyl (C=O) groups is 2. The molecule has 0 fully saturated rings. The molecule has 0 spiro atoms. The van der Waals surface area contributed by atoms with Gasteiger partial charge >= 0.3 is 5.97 Å². The van der Waals surface area contributed by atoms with Gasteiger partial charge in [-0.1, -0.05) is 17.7 Å². The zero-order valence-corrected chi connectivity index (χ0v) is 11.6. The first-order valence-corrected chi connectivity index (χ1v) is 6.52. The van der Waals surface area contributed by atoms with Crippen molar-refractivity contribution in [3.05, 3.63) is 64.7 Å². The van der Waals surface area contributed by atoms with Crippen LogP contribution in [0.3, 0.4) is 0 Å². The number of hydrogen-bond acceptors (Lipinski definition) is 4. The Labute approximate surface area is 125 Å². The molecule has 1 aromatic carbocycles. The molecule has 1 heterocycles. The Kier molecular flexibility index (Phi) is 5.00. The molecule has 0 unspecified atom stereocenters. The highest BCUT2D eigenvalue weighted by atomic mass is 35.5. The number of ketones is 1.